The number of nitrogens with two attached hydrogens (primary N) is 1. The van der Waals surface area contributed by atoms with Crippen molar-refractivity contribution in [2.24, 2.45) is 17.1 Å². The molecular formula is C13H26N2O2. The topological polar surface area (TPSA) is 75.4 Å². The highest BCUT2D eigenvalue weighted by Gasteiger charge is 2.40. The third-order valence-corrected chi connectivity index (χ3v) is 4.32. The first-order valence-electron chi connectivity index (χ1n) is 6.41. The molecule has 1 fully saturated rings. The van der Waals surface area contributed by atoms with Crippen molar-refractivity contribution in [1.82, 2.24) is 5.32 Å². The Morgan fingerprint density at radius 3 is 2.35 bits per heavy atom. The molecule has 0 radical (unpaired) electrons. The van der Waals surface area contributed by atoms with Crippen LogP contribution in [0.2, 0.25) is 0 Å². The Morgan fingerprint density at radius 2 is 1.94 bits per heavy atom. The molecule has 0 bridgehead atoms. The monoisotopic (exact) mass is 242 g/mol. The molecule has 0 saturated heterocycles. The number of carbonyl (C=O) groups is 1. The molecule has 0 aromatic heterocycles. The first-order chi connectivity index (χ1) is 7.66. The molecule has 1 aliphatic rings. The standard InChI is InChI=1S/C13H26N2O2/c1-12(2,13(3,4)14)11(17)15-8-9-6-5-7-10(9)16/h9-10,16H,5-8,14H2,1-4H3,(H,15,17). The van der Waals surface area contributed by atoms with Gasteiger partial charge in [0.15, 0.2) is 0 Å². The Morgan fingerprint density at radius 1 is 1.35 bits per heavy atom. The van der Waals surface area contributed by atoms with E-state index >= 15 is 0 Å². The number of rotatable bonds is 4. The largest absolute Gasteiger partial charge is 0.393 e. The van der Waals surface area contributed by atoms with Gasteiger partial charge in [-0.15, -0.1) is 0 Å². The highest BCUT2D eigenvalue weighted by molar-refractivity contribution is 5.83. The predicted octanol–water partition coefficient (Wildman–Crippen LogP) is 1.03. The molecule has 1 saturated carbocycles. The molecular weight excluding hydrogens is 216 g/mol. The molecule has 1 aliphatic carbocycles. The fraction of sp³-hybridized carbons (Fsp3) is 0.923. The maximum atomic E-state index is 12.1. The van der Waals surface area contributed by atoms with Crippen LogP contribution in [0.1, 0.15) is 47.0 Å². The average Bonchev–Trinajstić information content (AvgIpc) is 2.58. The Kier molecular flexibility index (Phi) is 4.20. The number of hydrogen-bond acceptors (Lipinski definition) is 3. The van der Waals surface area contributed by atoms with Crippen molar-refractivity contribution in [3.8, 4) is 0 Å². The van der Waals surface area contributed by atoms with Crippen LogP contribution in [-0.2, 0) is 4.79 Å². The van der Waals surface area contributed by atoms with Crippen molar-refractivity contribution in [2.75, 3.05) is 6.54 Å². The zero-order valence-corrected chi connectivity index (χ0v) is 11.4. The molecule has 0 aromatic rings. The molecule has 0 heterocycles. The van der Waals surface area contributed by atoms with Crippen LogP contribution in [0.5, 0.6) is 0 Å². The van der Waals surface area contributed by atoms with Gasteiger partial charge in [-0.25, -0.2) is 0 Å². The quantitative estimate of drug-likeness (QED) is 0.689. The second kappa shape index (κ2) is 4.94. The molecule has 2 unspecified atom stereocenters. The van der Waals surface area contributed by atoms with Crippen LogP contribution in [0, 0.1) is 11.3 Å². The van der Waals surface area contributed by atoms with Gasteiger partial charge in [-0.05, 0) is 40.5 Å². The summed E-state index contributed by atoms with van der Waals surface area (Å²) < 4.78 is 0. The highest BCUT2D eigenvalue weighted by atomic mass is 16.3. The van der Waals surface area contributed by atoms with Crippen LogP contribution >= 0.6 is 0 Å². The van der Waals surface area contributed by atoms with Gasteiger partial charge in [-0.2, -0.15) is 0 Å². The molecule has 4 heteroatoms. The maximum Gasteiger partial charge on any atom is 0.227 e. The Bertz CT molecular complexity index is 282. The number of amides is 1. The number of carbonyl (C=O) groups excluding carboxylic acids is 1. The second-order valence-corrected chi connectivity index (χ2v) is 6.32. The third-order valence-electron chi connectivity index (χ3n) is 4.32. The van der Waals surface area contributed by atoms with Crippen molar-refractivity contribution < 1.29 is 9.90 Å². The smallest absolute Gasteiger partial charge is 0.227 e. The van der Waals surface area contributed by atoms with Crippen LogP contribution in [0.25, 0.3) is 0 Å². The Labute approximate surface area is 104 Å². The predicted molar refractivity (Wildman–Crippen MR) is 68.4 cm³/mol. The molecule has 0 spiro atoms. The van der Waals surface area contributed by atoms with Gasteiger partial charge in [0.2, 0.25) is 5.91 Å². The van der Waals surface area contributed by atoms with Crippen LogP contribution in [0.4, 0.5) is 0 Å². The van der Waals surface area contributed by atoms with Gasteiger partial charge < -0.3 is 16.2 Å². The molecule has 4 nitrogen and oxygen atoms in total. The molecule has 17 heavy (non-hydrogen) atoms. The first-order valence-corrected chi connectivity index (χ1v) is 6.41. The summed E-state index contributed by atoms with van der Waals surface area (Å²) in [5, 5.41) is 12.6. The summed E-state index contributed by atoms with van der Waals surface area (Å²) in [7, 11) is 0. The van der Waals surface area contributed by atoms with E-state index in [9.17, 15) is 9.90 Å². The van der Waals surface area contributed by atoms with Crippen molar-refractivity contribution in [2.45, 2.75) is 58.6 Å². The number of hydrogen-bond donors (Lipinski definition) is 3. The van der Waals surface area contributed by atoms with E-state index < -0.39 is 11.0 Å². The van der Waals surface area contributed by atoms with Crippen molar-refractivity contribution in [1.29, 1.82) is 0 Å². The summed E-state index contributed by atoms with van der Waals surface area (Å²) in [4.78, 5) is 12.1. The van der Waals surface area contributed by atoms with E-state index in [0.29, 0.717) is 6.54 Å². The summed E-state index contributed by atoms with van der Waals surface area (Å²) in [6.07, 6.45) is 2.64. The van der Waals surface area contributed by atoms with E-state index in [0.717, 1.165) is 19.3 Å². The van der Waals surface area contributed by atoms with Crippen LogP contribution in [0.3, 0.4) is 0 Å². The van der Waals surface area contributed by atoms with E-state index in [1.807, 2.05) is 27.7 Å². The fourth-order valence-corrected chi connectivity index (χ4v) is 1.99. The summed E-state index contributed by atoms with van der Waals surface area (Å²) in [5.74, 6) is 0.166. The average molecular weight is 242 g/mol. The minimum Gasteiger partial charge on any atom is -0.393 e. The number of aliphatic hydroxyl groups excluding tert-OH is 1. The van der Waals surface area contributed by atoms with E-state index in [2.05, 4.69) is 5.32 Å². The van der Waals surface area contributed by atoms with Gasteiger partial charge in [-0.1, -0.05) is 6.42 Å². The number of aliphatic hydroxyl groups is 1. The SMILES string of the molecule is CC(C)(N)C(C)(C)C(=O)NCC1CCCC1O. The third kappa shape index (κ3) is 3.19. The minimum absolute atomic E-state index is 0.0379. The molecule has 0 aromatic carbocycles. The Balaban J connectivity index is 2.49. The zero-order chi connectivity index (χ0) is 13.3. The van der Waals surface area contributed by atoms with E-state index in [4.69, 9.17) is 5.73 Å². The molecule has 2 atom stereocenters. The van der Waals surface area contributed by atoms with Crippen molar-refractivity contribution in [3.05, 3.63) is 0 Å². The first kappa shape index (κ1) is 14.5. The van der Waals surface area contributed by atoms with E-state index in [-0.39, 0.29) is 17.9 Å². The summed E-state index contributed by atoms with van der Waals surface area (Å²) >= 11 is 0. The van der Waals surface area contributed by atoms with E-state index in [1.165, 1.54) is 0 Å². The fourth-order valence-electron chi connectivity index (χ4n) is 1.99. The Hall–Kier alpha value is -0.610. The lowest BCUT2D eigenvalue weighted by Crippen LogP contribution is -2.56. The van der Waals surface area contributed by atoms with Gasteiger partial charge in [0.05, 0.1) is 11.5 Å². The second-order valence-electron chi connectivity index (χ2n) is 6.32. The number of nitrogens with one attached hydrogen (secondary N) is 1. The molecule has 4 N–H and O–H groups in total. The lowest BCUT2D eigenvalue weighted by molar-refractivity contribution is -0.132. The van der Waals surface area contributed by atoms with Gasteiger partial charge in [-0.3, -0.25) is 4.79 Å². The van der Waals surface area contributed by atoms with Crippen molar-refractivity contribution in [3.63, 3.8) is 0 Å². The molecule has 1 rings (SSSR count). The van der Waals surface area contributed by atoms with Gasteiger partial charge in [0, 0.05) is 18.0 Å². The van der Waals surface area contributed by atoms with Gasteiger partial charge in [0.1, 0.15) is 0 Å². The maximum absolute atomic E-state index is 12.1. The normalized spacial score (nSPS) is 26.0. The molecule has 100 valence electrons. The minimum atomic E-state index is -0.615. The summed E-state index contributed by atoms with van der Waals surface area (Å²) in [5.41, 5.74) is 4.84. The van der Waals surface area contributed by atoms with Crippen molar-refractivity contribution >= 4 is 5.91 Å². The summed E-state index contributed by atoms with van der Waals surface area (Å²) in [6.45, 7) is 7.98. The zero-order valence-electron chi connectivity index (χ0n) is 11.4. The molecule has 1 amide bonds. The summed E-state index contributed by atoms with van der Waals surface area (Å²) in [6, 6.07) is 0. The highest BCUT2D eigenvalue weighted by Crippen LogP contribution is 2.29. The van der Waals surface area contributed by atoms with Crippen LogP contribution < -0.4 is 11.1 Å². The van der Waals surface area contributed by atoms with E-state index in [1.54, 1.807) is 0 Å². The van der Waals surface area contributed by atoms with Gasteiger partial charge >= 0.3 is 0 Å². The molecule has 0 aliphatic heterocycles. The van der Waals surface area contributed by atoms with Crippen LogP contribution in [0.15, 0.2) is 0 Å². The lowest BCUT2D eigenvalue weighted by atomic mass is 9.74. The van der Waals surface area contributed by atoms with Crippen LogP contribution in [-0.4, -0.2) is 29.2 Å². The van der Waals surface area contributed by atoms with Gasteiger partial charge in [0.25, 0.3) is 0 Å². The lowest BCUT2D eigenvalue weighted by Gasteiger charge is -2.37.